The molecule has 3 N–H and O–H groups in total. The van der Waals surface area contributed by atoms with Gasteiger partial charge in [-0.1, -0.05) is 35.9 Å². The standard InChI is InChI=1S/C20H21N5O2S/c1-12-7-9-14(10-8-12)18-23-24-20(28)25(18)11-17(26)22-16-6-4-5-15(13(16)2)19(27)21-3/h4-10H,11H2,1-3H3,(H,21,27)(H,22,26)(H,24,28). The number of amides is 2. The van der Waals surface area contributed by atoms with Gasteiger partial charge in [0.05, 0.1) is 0 Å². The normalized spacial score (nSPS) is 10.5. The Hall–Kier alpha value is -3.26. The fourth-order valence-electron chi connectivity index (χ4n) is 2.87. The highest BCUT2D eigenvalue weighted by Crippen LogP contribution is 2.20. The van der Waals surface area contributed by atoms with E-state index in [1.807, 2.05) is 31.2 Å². The third-order valence-corrected chi connectivity index (χ3v) is 4.76. The molecule has 8 heteroatoms. The highest BCUT2D eigenvalue weighted by Gasteiger charge is 2.15. The van der Waals surface area contributed by atoms with E-state index in [0.29, 0.717) is 27.4 Å². The first-order valence-electron chi connectivity index (χ1n) is 8.74. The van der Waals surface area contributed by atoms with Gasteiger partial charge in [0.2, 0.25) is 5.91 Å². The van der Waals surface area contributed by atoms with Crippen molar-refractivity contribution in [3.05, 3.63) is 63.9 Å². The summed E-state index contributed by atoms with van der Waals surface area (Å²) in [5.41, 5.74) is 3.79. The van der Waals surface area contributed by atoms with Gasteiger partial charge in [-0.25, -0.2) is 0 Å². The van der Waals surface area contributed by atoms with E-state index in [-0.39, 0.29) is 18.4 Å². The van der Waals surface area contributed by atoms with Gasteiger partial charge in [-0.05, 0) is 43.8 Å². The molecule has 0 bridgehead atoms. The Labute approximate surface area is 167 Å². The van der Waals surface area contributed by atoms with Gasteiger partial charge in [-0.2, -0.15) is 5.10 Å². The van der Waals surface area contributed by atoms with Crippen molar-refractivity contribution < 1.29 is 9.59 Å². The molecule has 28 heavy (non-hydrogen) atoms. The lowest BCUT2D eigenvalue weighted by atomic mass is 10.1. The van der Waals surface area contributed by atoms with Gasteiger partial charge in [-0.15, -0.1) is 0 Å². The fourth-order valence-corrected chi connectivity index (χ4v) is 3.07. The van der Waals surface area contributed by atoms with Gasteiger partial charge >= 0.3 is 0 Å². The van der Waals surface area contributed by atoms with Crippen molar-refractivity contribution in [2.24, 2.45) is 0 Å². The van der Waals surface area contributed by atoms with E-state index in [1.165, 1.54) is 0 Å². The number of aromatic nitrogens is 3. The highest BCUT2D eigenvalue weighted by molar-refractivity contribution is 7.71. The zero-order valence-corrected chi connectivity index (χ0v) is 16.7. The summed E-state index contributed by atoms with van der Waals surface area (Å²) in [6.07, 6.45) is 0. The molecular formula is C20H21N5O2S. The minimum absolute atomic E-state index is 0.00217. The Morgan fingerprint density at radius 3 is 2.54 bits per heavy atom. The minimum atomic E-state index is -0.261. The van der Waals surface area contributed by atoms with Crippen LogP contribution in [0.25, 0.3) is 11.4 Å². The van der Waals surface area contributed by atoms with E-state index in [2.05, 4.69) is 20.8 Å². The van der Waals surface area contributed by atoms with E-state index in [4.69, 9.17) is 12.2 Å². The molecule has 2 amide bonds. The van der Waals surface area contributed by atoms with Crippen molar-refractivity contribution in [3.63, 3.8) is 0 Å². The van der Waals surface area contributed by atoms with Crippen LogP contribution in [0.3, 0.4) is 0 Å². The predicted molar refractivity (Wildman–Crippen MR) is 111 cm³/mol. The summed E-state index contributed by atoms with van der Waals surface area (Å²) in [6, 6.07) is 13.0. The average molecular weight is 395 g/mol. The molecule has 0 unspecified atom stereocenters. The molecule has 0 aliphatic rings. The van der Waals surface area contributed by atoms with Crippen LogP contribution in [0.4, 0.5) is 5.69 Å². The number of benzene rings is 2. The second-order valence-corrected chi connectivity index (χ2v) is 6.80. The minimum Gasteiger partial charge on any atom is -0.355 e. The lowest BCUT2D eigenvalue weighted by molar-refractivity contribution is -0.116. The first kappa shape index (κ1) is 19.5. The molecule has 0 saturated carbocycles. The third-order valence-electron chi connectivity index (χ3n) is 4.45. The quantitative estimate of drug-likeness (QED) is 0.579. The maximum atomic E-state index is 12.7. The van der Waals surface area contributed by atoms with Crippen LogP contribution in [-0.4, -0.2) is 33.6 Å². The molecule has 3 aromatic rings. The monoisotopic (exact) mass is 395 g/mol. The Morgan fingerprint density at radius 2 is 1.86 bits per heavy atom. The molecule has 0 spiro atoms. The van der Waals surface area contributed by atoms with Gasteiger partial charge in [-0.3, -0.25) is 19.3 Å². The van der Waals surface area contributed by atoms with Gasteiger partial charge in [0, 0.05) is 23.9 Å². The number of hydrogen-bond acceptors (Lipinski definition) is 4. The lowest BCUT2D eigenvalue weighted by Gasteiger charge is -2.13. The molecule has 2 aromatic carbocycles. The predicted octanol–water partition coefficient (Wildman–Crippen LogP) is 3.22. The molecule has 7 nitrogen and oxygen atoms in total. The van der Waals surface area contributed by atoms with Crippen molar-refractivity contribution in [2.75, 3.05) is 12.4 Å². The van der Waals surface area contributed by atoms with Crippen LogP contribution in [0.5, 0.6) is 0 Å². The Balaban J connectivity index is 1.84. The van der Waals surface area contributed by atoms with E-state index in [1.54, 1.807) is 36.7 Å². The highest BCUT2D eigenvalue weighted by atomic mass is 32.1. The number of nitrogens with zero attached hydrogens (tertiary/aromatic N) is 2. The summed E-state index contributed by atoms with van der Waals surface area (Å²) in [6.45, 7) is 3.80. The Kier molecular flexibility index (Phi) is 5.70. The van der Waals surface area contributed by atoms with Gasteiger partial charge < -0.3 is 10.6 Å². The van der Waals surface area contributed by atoms with Crippen LogP contribution in [0.15, 0.2) is 42.5 Å². The maximum Gasteiger partial charge on any atom is 0.251 e. The molecule has 144 valence electrons. The van der Waals surface area contributed by atoms with Crippen molar-refractivity contribution >= 4 is 29.7 Å². The van der Waals surface area contributed by atoms with E-state index >= 15 is 0 Å². The largest absolute Gasteiger partial charge is 0.355 e. The van der Waals surface area contributed by atoms with Crippen LogP contribution in [-0.2, 0) is 11.3 Å². The lowest BCUT2D eigenvalue weighted by Crippen LogP contribution is -2.22. The summed E-state index contributed by atoms with van der Waals surface area (Å²) in [5.74, 6) is 0.131. The number of anilines is 1. The molecule has 0 aliphatic heterocycles. The summed E-state index contributed by atoms with van der Waals surface area (Å²) >= 11 is 5.29. The number of aryl methyl sites for hydroxylation is 1. The summed E-state index contributed by atoms with van der Waals surface area (Å²) in [7, 11) is 1.57. The maximum absolute atomic E-state index is 12.7. The average Bonchev–Trinajstić information content (AvgIpc) is 3.04. The number of aromatic amines is 1. The van der Waals surface area contributed by atoms with Crippen LogP contribution in [0.2, 0.25) is 0 Å². The van der Waals surface area contributed by atoms with Crippen molar-refractivity contribution in [3.8, 4) is 11.4 Å². The zero-order valence-electron chi connectivity index (χ0n) is 15.9. The van der Waals surface area contributed by atoms with Crippen molar-refractivity contribution in [1.82, 2.24) is 20.1 Å². The SMILES string of the molecule is CNC(=O)c1cccc(NC(=O)Cn2c(-c3ccc(C)cc3)n[nH]c2=S)c1C. The van der Waals surface area contributed by atoms with Crippen LogP contribution in [0.1, 0.15) is 21.5 Å². The van der Waals surface area contributed by atoms with Gasteiger partial charge in [0.1, 0.15) is 6.54 Å². The smallest absolute Gasteiger partial charge is 0.251 e. The van der Waals surface area contributed by atoms with Gasteiger partial charge in [0.15, 0.2) is 10.6 Å². The topological polar surface area (TPSA) is 91.8 Å². The number of H-pyrrole nitrogens is 1. The summed E-state index contributed by atoms with van der Waals surface area (Å²) < 4.78 is 2.01. The van der Waals surface area contributed by atoms with Crippen molar-refractivity contribution in [1.29, 1.82) is 0 Å². The Bertz CT molecular complexity index is 1080. The number of hydrogen-bond donors (Lipinski definition) is 3. The molecule has 0 radical (unpaired) electrons. The number of rotatable bonds is 5. The number of carbonyl (C=O) groups excluding carboxylic acids is 2. The van der Waals surface area contributed by atoms with Crippen LogP contribution in [0, 0.1) is 18.6 Å². The van der Waals surface area contributed by atoms with E-state index < -0.39 is 0 Å². The van der Waals surface area contributed by atoms with Gasteiger partial charge in [0.25, 0.3) is 5.91 Å². The van der Waals surface area contributed by atoms with E-state index in [0.717, 1.165) is 11.1 Å². The molecule has 1 heterocycles. The number of carbonyl (C=O) groups is 2. The molecule has 1 aromatic heterocycles. The molecule has 3 rings (SSSR count). The molecule has 0 atom stereocenters. The first-order chi connectivity index (χ1) is 13.4. The third kappa shape index (κ3) is 4.01. The molecule has 0 saturated heterocycles. The molecule has 0 fully saturated rings. The second-order valence-electron chi connectivity index (χ2n) is 6.41. The molecular weight excluding hydrogens is 374 g/mol. The van der Waals surface area contributed by atoms with E-state index in [9.17, 15) is 9.59 Å². The van der Waals surface area contributed by atoms with Crippen LogP contribution >= 0.6 is 12.2 Å². The summed E-state index contributed by atoms with van der Waals surface area (Å²) in [4.78, 5) is 24.6. The summed E-state index contributed by atoms with van der Waals surface area (Å²) in [5, 5.41) is 12.4. The first-order valence-corrected chi connectivity index (χ1v) is 9.15. The number of nitrogens with one attached hydrogen (secondary N) is 3. The zero-order chi connectivity index (χ0) is 20.3. The molecule has 0 aliphatic carbocycles. The van der Waals surface area contributed by atoms with Crippen molar-refractivity contribution in [2.45, 2.75) is 20.4 Å². The van der Waals surface area contributed by atoms with Crippen LogP contribution < -0.4 is 10.6 Å². The Morgan fingerprint density at radius 1 is 1.14 bits per heavy atom. The fraction of sp³-hybridized carbons (Fsp3) is 0.200. The second kappa shape index (κ2) is 8.18.